The highest BCUT2D eigenvalue weighted by atomic mass is 19.4. The molecule has 0 aliphatic carbocycles. The van der Waals surface area contributed by atoms with Gasteiger partial charge in [-0.3, -0.25) is 4.79 Å². The molecule has 0 aromatic carbocycles. The second-order valence-corrected chi connectivity index (χ2v) is 2.79. The Kier molecular flexibility index (Phi) is 5.22. The van der Waals surface area contributed by atoms with E-state index >= 15 is 0 Å². The largest absolute Gasteiger partial charge is 0.390 e. The van der Waals surface area contributed by atoms with Crippen LogP contribution in [0.5, 0.6) is 0 Å². The number of nitrogens with one attached hydrogen (secondary N) is 1. The standard InChI is InChI=1S/C8H13F3N2O/c1-2-3-6(12)7(14)13-5-4-8(9,10)11/h2,6H,1,3-5,12H2,(H,13,14). The molecule has 0 aliphatic heterocycles. The topological polar surface area (TPSA) is 55.1 Å². The zero-order valence-corrected chi connectivity index (χ0v) is 7.60. The molecule has 0 saturated carbocycles. The maximum atomic E-state index is 11.7. The lowest BCUT2D eigenvalue weighted by molar-refractivity contribution is -0.135. The Labute approximate surface area is 80.2 Å². The number of carbonyl (C=O) groups is 1. The number of hydrogen-bond acceptors (Lipinski definition) is 2. The Morgan fingerprint density at radius 2 is 2.14 bits per heavy atom. The van der Waals surface area contributed by atoms with Crippen molar-refractivity contribution in [1.82, 2.24) is 5.32 Å². The monoisotopic (exact) mass is 210 g/mol. The molecule has 1 atom stereocenters. The Balaban J connectivity index is 3.69. The summed E-state index contributed by atoms with van der Waals surface area (Å²) >= 11 is 0. The van der Waals surface area contributed by atoms with E-state index in [1.54, 1.807) is 0 Å². The van der Waals surface area contributed by atoms with Crippen LogP contribution < -0.4 is 11.1 Å². The molecule has 3 N–H and O–H groups in total. The van der Waals surface area contributed by atoms with Gasteiger partial charge in [0.05, 0.1) is 12.5 Å². The predicted octanol–water partition coefficient (Wildman–Crippen LogP) is 0.958. The molecule has 0 rings (SSSR count). The Hall–Kier alpha value is -1.04. The summed E-state index contributed by atoms with van der Waals surface area (Å²) in [6, 6.07) is -0.819. The van der Waals surface area contributed by atoms with E-state index in [0.29, 0.717) is 0 Å². The van der Waals surface area contributed by atoms with Gasteiger partial charge in [0.2, 0.25) is 5.91 Å². The molecule has 6 heteroatoms. The summed E-state index contributed by atoms with van der Waals surface area (Å²) in [5.41, 5.74) is 5.31. The van der Waals surface area contributed by atoms with Gasteiger partial charge >= 0.3 is 6.18 Å². The van der Waals surface area contributed by atoms with E-state index in [9.17, 15) is 18.0 Å². The quantitative estimate of drug-likeness (QED) is 0.664. The Morgan fingerprint density at radius 3 is 2.57 bits per heavy atom. The molecule has 0 aliphatic rings. The van der Waals surface area contributed by atoms with Crippen LogP contribution in [0.15, 0.2) is 12.7 Å². The number of hydrogen-bond donors (Lipinski definition) is 2. The molecule has 0 aromatic heterocycles. The normalized spacial score (nSPS) is 13.4. The zero-order chi connectivity index (χ0) is 11.2. The summed E-state index contributed by atoms with van der Waals surface area (Å²) in [5.74, 6) is -0.589. The summed E-state index contributed by atoms with van der Waals surface area (Å²) in [7, 11) is 0. The number of amides is 1. The first-order valence-electron chi connectivity index (χ1n) is 4.07. The SMILES string of the molecule is C=CCC(N)C(=O)NCCC(F)(F)F. The van der Waals surface area contributed by atoms with Crippen LogP contribution in [-0.4, -0.2) is 24.7 Å². The number of nitrogens with two attached hydrogens (primary N) is 1. The van der Waals surface area contributed by atoms with Gasteiger partial charge in [0.1, 0.15) is 0 Å². The number of alkyl halides is 3. The molecule has 0 saturated heterocycles. The molecule has 3 nitrogen and oxygen atoms in total. The zero-order valence-electron chi connectivity index (χ0n) is 7.60. The van der Waals surface area contributed by atoms with Gasteiger partial charge in [-0.25, -0.2) is 0 Å². The van der Waals surface area contributed by atoms with Gasteiger partial charge < -0.3 is 11.1 Å². The molecule has 0 aromatic rings. The fourth-order valence-electron chi connectivity index (χ4n) is 0.745. The van der Waals surface area contributed by atoms with E-state index < -0.39 is 31.1 Å². The fraction of sp³-hybridized carbons (Fsp3) is 0.625. The lowest BCUT2D eigenvalue weighted by atomic mass is 10.2. The molecule has 82 valence electrons. The van der Waals surface area contributed by atoms with Gasteiger partial charge in [0.15, 0.2) is 0 Å². The van der Waals surface area contributed by atoms with Crippen molar-refractivity contribution in [2.24, 2.45) is 5.73 Å². The maximum absolute atomic E-state index is 11.7. The lowest BCUT2D eigenvalue weighted by Crippen LogP contribution is -2.41. The van der Waals surface area contributed by atoms with Gasteiger partial charge in [0.25, 0.3) is 0 Å². The van der Waals surface area contributed by atoms with Gasteiger partial charge in [-0.2, -0.15) is 13.2 Å². The first kappa shape index (κ1) is 13.0. The maximum Gasteiger partial charge on any atom is 0.390 e. The van der Waals surface area contributed by atoms with Crippen LogP contribution in [0.3, 0.4) is 0 Å². The molecular formula is C8H13F3N2O. The van der Waals surface area contributed by atoms with Crippen LogP contribution >= 0.6 is 0 Å². The summed E-state index contributed by atoms with van der Waals surface area (Å²) in [6.07, 6.45) is -3.61. The van der Waals surface area contributed by atoms with E-state index in [0.717, 1.165) is 0 Å². The second kappa shape index (κ2) is 5.64. The van der Waals surface area contributed by atoms with Crippen molar-refractivity contribution >= 4 is 5.91 Å². The van der Waals surface area contributed by atoms with Crippen LogP contribution in [0, 0.1) is 0 Å². The van der Waals surface area contributed by atoms with Gasteiger partial charge in [-0.1, -0.05) is 6.08 Å². The molecule has 14 heavy (non-hydrogen) atoms. The number of rotatable bonds is 5. The minimum Gasteiger partial charge on any atom is -0.354 e. The third kappa shape index (κ3) is 6.47. The van der Waals surface area contributed by atoms with Crippen molar-refractivity contribution in [3.05, 3.63) is 12.7 Å². The van der Waals surface area contributed by atoms with Crippen molar-refractivity contribution < 1.29 is 18.0 Å². The van der Waals surface area contributed by atoms with Gasteiger partial charge in [-0.05, 0) is 6.42 Å². The summed E-state index contributed by atoms with van der Waals surface area (Å²) in [5, 5.41) is 2.09. The van der Waals surface area contributed by atoms with Crippen LogP contribution in [-0.2, 0) is 4.79 Å². The van der Waals surface area contributed by atoms with Gasteiger partial charge in [0, 0.05) is 6.54 Å². The van der Waals surface area contributed by atoms with Crippen molar-refractivity contribution in [3.63, 3.8) is 0 Å². The second-order valence-electron chi connectivity index (χ2n) is 2.79. The van der Waals surface area contributed by atoms with Crippen LogP contribution in [0.2, 0.25) is 0 Å². The summed E-state index contributed by atoms with van der Waals surface area (Å²) < 4.78 is 35.0. The third-order valence-corrected chi connectivity index (χ3v) is 1.47. The average molecular weight is 210 g/mol. The average Bonchev–Trinajstić information content (AvgIpc) is 2.02. The Bertz CT molecular complexity index is 203. The van der Waals surface area contributed by atoms with E-state index in [1.807, 2.05) is 0 Å². The van der Waals surface area contributed by atoms with Crippen molar-refractivity contribution in [1.29, 1.82) is 0 Å². The molecule has 0 heterocycles. The predicted molar refractivity (Wildman–Crippen MR) is 46.5 cm³/mol. The van der Waals surface area contributed by atoms with E-state index in [-0.39, 0.29) is 6.42 Å². The smallest absolute Gasteiger partial charge is 0.354 e. The highest BCUT2D eigenvalue weighted by Crippen LogP contribution is 2.18. The molecule has 1 unspecified atom stereocenters. The molecule has 1 amide bonds. The van der Waals surface area contributed by atoms with Crippen molar-refractivity contribution in [3.8, 4) is 0 Å². The highest BCUT2D eigenvalue weighted by molar-refractivity contribution is 5.81. The van der Waals surface area contributed by atoms with Crippen LogP contribution in [0.1, 0.15) is 12.8 Å². The Morgan fingerprint density at radius 1 is 1.57 bits per heavy atom. The lowest BCUT2D eigenvalue weighted by Gasteiger charge is -2.11. The number of halogens is 3. The molecular weight excluding hydrogens is 197 g/mol. The van der Waals surface area contributed by atoms with E-state index in [1.165, 1.54) is 6.08 Å². The molecule has 0 bridgehead atoms. The molecule has 0 fully saturated rings. The first-order chi connectivity index (χ1) is 6.37. The van der Waals surface area contributed by atoms with Crippen LogP contribution in [0.25, 0.3) is 0 Å². The summed E-state index contributed by atoms with van der Waals surface area (Å²) in [4.78, 5) is 11.0. The minimum atomic E-state index is -4.25. The summed E-state index contributed by atoms with van der Waals surface area (Å²) in [6.45, 7) is 2.93. The molecule has 0 spiro atoms. The fourth-order valence-corrected chi connectivity index (χ4v) is 0.745. The van der Waals surface area contributed by atoms with Crippen LogP contribution in [0.4, 0.5) is 13.2 Å². The first-order valence-corrected chi connectivity index (χ1v) is 4.07. The third-order valence-electron chi connectivity index (χ3n) is 1.47. The number of carbonyl (C=O) groups excluding carboxylic acids is 1. The van der Waals surface area contributed by atoms with Crippen molar-refractivity contribution in [2.45, 2.75) is 25.1 Å². The van der Waals surface area contributed by atoms with E-state index in [2.05, 4.69) is 11.9 Å². The van der Waals surface area contributed by atoms with Gasteiger partial charge in [-0.15, -0.1) is 6.58 Å². The minimum absolute atomic E-state index is 0.248. The highest BCUT2D eigenvalue weighted by Gasteiger charge is 2.26. The molecule has 0 radical (unpaired) electrons. The van der Waals surface area contributed by atoms with E-state index in [4.69, 9.17) is 5.73 Å². The van der Waals surface area contributed by atoms with Crippen molar-refractivity contribution in [2.75, 3.05) is 6.54 Å².